The molecule has 1 saturated heterocycles. The molecule has 2 heterocycles. The second kappa shape index (κ2) is 8.14. The molecule has 0 spiro atoms. The van der Waals surface area contributed by atoms with Crippen LogP contribution in [0.5, 0.6) is 0 Å². The third-order valence-corrected chi connectivity index (χ3v) is 7.19. The van der Waals surface area contributed by atoms with Gasteiger partial charge < -0.3 is 15.1 Å². The molecule has 3 aromatic rings. The average Bonchev–Trinajstić information content (AvgIpc) is 3.20. The van der Waals surface area contributed by atoms with Gasteiger partial charge in [-0.1, -0.05) is 18.2 Å². The number of piperidine rings is 1. The Morgan fingerprint density at radius 3 is 2.39 bits per heavy atom. The number of halogens is 1. The normalized spacial score (nSPS) is 15.2. The number of rotatable bonds is 5. The number of carbonyl (C=O) groups is 1. The van der Waals surface area contributed by atoms with E-state index >= 15 is 0 Å². The minimum atomic E-state index is -4.07. The van der Waals surface area contributed by atoms with Gasteiger partial charge in [-0.05, 0) is 55.7 Å². The monoisotopic (exact) mass is 443 g/mol. The number of hydrogen-bond donors (Lipinski definition) is 1. The number of aromatic nitrogens is 1. The number of aryl methyl sites for hydroxylation is 1. The first kappa shape index (κ1) is 21.0. The maximum Gasteiger partial charge on any atom is 0.236 e. The Kier molecular flexibility index (Phi) is 5.53. The number of oxazole rings is 1. The summed E-state index contributed by atoms with van der Waals surface area (Å²) >= 11 is 0. The van der Waals surface area contributed by atoms with E-state index < -0.39 is 15.7 Å². The molecule has 0 atom stereocenters. The van der Waals surface area contributed by atoms with Gasteiger partial charge in [0.15, 0.2) is 0 Å². The van der Waals surface area contributed by atoms with E-state index in [-0.39, 0.29) is 33.5 Å². The molecule has 1 aliphatic rings. The standard InChI is InChI=1S/C22H22FN3O4S/c1-14-4-2-3-5-18(14)20-25-21(31(28,29)17-8-6-16(23)7-9-17)22(30-20)26-12-10-15(11-13-26)19(24)27/h2-9,15H,10-13H2,1H3,(H2,24,27). The molecule has 0 radical (unpaired) electrons. The Morgan fingerprint density at radius 1 is 1.13 bits per heavy atom. The van der Waals surface area contributed by atoms with Crippen LogP contribution in [0, 0.1) is 18.7 Å². The van der Waals surface area contributed by atoms with Crippen molar-refractivity contribution in [1.29, 1.82) is 0 Å². The van der Waals surface area contributed by atoms with E-state index in [0.29, 0.717) is 31.5 Å². The van der Waals surface area contributed by atoms with Crippen LogP contribution < -0.4 is 10.6 Å². The zero-order valence-electron chi connectivity index (χ0n) is 16.9. The fourth-order valence-electron chi connectivity index (χ4n) is 3.69. The highest BCUT2D eigenvalue weighted by molar-refractivity contribution is 7.91. The molecular formula is C22H22FN3O4S. The Hall–Kier alpha value is -3.20. The maximum atomic E-state index is 13.4. The lowest BCUT2D eigenvalue weighted by Gasteiger charge is -2.30. The highest BCUT2D eigenvalue weighted by atomic mass is 32.2. The lowest BCUT2D eigenvalue weighted by molar-refractivity contribution is -0.122. The van der Waals surface area contributed by atoms with Crippen molar-refractivity contribution in [3.8, 4) is 11.5 Å². The van der Waals surface area contributed by atoms with Crippen molar-refractivity contribution < 1.29 is 22.0 Å². The lowest BCUT2D eigenvalue weighted by atomic mass is 9.96. The van der Waals surface area contributed by atoms with Crippen LogP contribution in [0.1, 0.15) is 18.4 Å². The van der Waals surface area contributed by atoms with Gasteiger partial charge in [-0.3, -0.25) is 4.79 Å². The van der Waals surface area contributed by atoms with Crippen molar-refractivity contribution in [1.82, 2.24) is 4.98 Å². The molecule has 1 amide bonds. The number of nitrogens with two attached hydrogens (primary N) is 1. The lowest BCUT2D eigenvalue weighted by Crippen LogP contribution is -2.38. The largest absolute Gasteiger partial charge is 0.419 e. The maximum absolute atomic E-state index is 13.4. The van der Waals surface area contributed by atoms with E-state index in [1.54, 1.807) is 11.0 Å². The molecule has 0 unspecified atom stereocenters. The van der Waals surface area contributed by atoms with E-state index in [2.05, 4.69) is 4.98 Å². The van der Waals surface area contributed by atoms with Gasteiger partial charge in [0, 0.05) is 24.6 Å². The van der Waals surface area contributed by atoms with Crippen molar-refractivity contribution >= 4 is 21.6 Å². The van der Waals surface area contributed by atoms with Crippen molar-refractivity contribution in [3.63, 3.8) is 0 Å². The number of anilines is 1. The molecule has 2 N–H and O–H groups in total. The molecule has 2 aromatic carbocycles. The van der Waals surface area contributed by atoms with Gasteiger partial charge in [-0.15, -0.1) is 0 Å². The number of sulfone groups is 1. The second-order valence-corrected chi connectivity index (χ2v) is 9.43. The molecule has 0 saturated carbocycles. The Labute approximate surface area is 179 Å². The third kappa shape index (κ3) is 4.05. The SMILES string of the molecule is Cc1ccccc1-c1nc(S(=O)(=O)c2ccc(F)cc2)c(N2CCC(C(N)=O)CC2)o1. The molecule has 9 heteroatoms. The first-order valence-corrected chi connectivity index (χ1v) is 11.4. The van der Waals surface area contributed by atoms with Crippen LogP contribution in [0.4, 0.5) is 10.3 Å². The highest BCUT2D eigenvalue weighted by Crippen LogP contribution is 2.37. The number of benzene rings is 2. The van der Waals surface area contributed by atoms with Crippen molar-refractivity contribution in [3.05, 3.63) is 59.9 Å². The van der Waals surface area contributed by atoms with Crippen LogP contribution in [0.15, 0.2) is 62.9 Å². The van der Waals surface area contributed by atoms with E-state index in [0.717, 1.165) is 17.7 Å². The van der Waals surface area contributed by atoms with E-state index in [4.69, 9.17) is 10.2 Å². The van der Waals surface area contributed by atoms with Gasteiger partial charge in [0.05, 0.1) is 4.90 Å². The molecule has 31 heavy (non-hydrogen) atoms. The third-order valence-electron chi connectivity index (χ3n) is 5.52. The van der Waals surface area contributed by atoms with Gasteiger partial charge in [-0.25, -0.2) is 12.8 Å². The zero-order chi connectivity index (χ0) is 22.2. The van der Waals surface area contributed by atoms with E-state index in [9.17, 15) is 17.6 Å². The fourth-order valence-corrected chi connectivity index (χ4v) is 5.01. The summed E-state index contributed by atoms with van der Waals surface area (Å²) in [6, 6.07) is 12.0. The van der Waals surface area contributed by atoms with Crippen molar-refractivity contribution in [2.45, 2.75) is 29.7 Å². The van der Waals surface area contributed by atoms with Crippen LogP contribution in [-0.2, 0) is 14.6 Å². The Morgan fingerprint density at radius 2 is 1.77 bits per heavy atom. The Bertz CT molecular complexity index is 1210. The molecule has 7 nitrogen and oxygen atoms in total. The van der Waals surface area contributed by atoms with Crippen LogP contribution in [0.25, 0.3) is 11.5 Å². The number of amides is 1. The Balaban J connectivity index is 1.80. The van der Waals surface area contributed by atoms with Crippen LogP contribution in [0.3, 0.4) is 0 Å². The second-order valence-electron chi connectivity index (χ2n) is 7.57. The molecule has 1 fully saturated rings. The summed E-state index contributed by atoms with van der Waals surface area (Å²) in [7, 11) is -4.07. The summed E-state index contributed by atoms with van der Waals surface area (Å²) in [4.78, 5) is 17.6. The zero-order valence-corrected chi connectivity index (χ0v) is 17.7. The molecular weight excluding hydrogens is 421 g/mol. The van der Waals surface area contributed by atoms with Gasteiger partial charge >= 0.3 is 0 Å². The molecule has 162 valence electrons. The minimum absolute atomic E-state index is 0.0770. The van der Waals surface area contributed by atoms with E-state index in [1.165, 1.54) is 12.1 Å². The van der Waals surface area contributed by atoms with Crippen molar-refractivity contribution in [2.75, 3.05) is 18.0 Å². The molecule has 1 aliphatic heterocycles. The topological polar surface area (TPSA) is 107 Å². The van der Waals surface area contributed by atoms with Crippen molar-refractivity contribution in [2.24, 2.45) is 11.7 Å². The van der Waals surface area contributed by atoms with Gasteiger partial charge in [0.25, 0.3) is 0 Å². The number of primary amides is 1. The summed E-state index contributed by atoms with van der Waals surface area (Å²) < 4.78 is 46.1. The van der Waals surface area contributed by atoms with Crippen LogP contribution >= 0.6 is 0 Å². The van der Waals surface area contributed by atoms with Crippen LogP contribution in [-0.4, -0.2) is 32.4 Å². The number of carbonyl (C=O) groups excluding carboxylic acids is 1. The van der Waals surface area contributed by atoms with E-state index in [1.807, 2.05) is 25.1 Å². The molecule has 0 aliphatic carbocycles. The summed E-state index contributed by atoms with van der Waals surface area (Å²) in [5, 5.41) is -0.227. The van der Waals surface area contributed by atoms with Gasteiger partial charge in [0.2, 0.25) is 32.5 Å². The van der Waals surface area contributed by atoms with Gasteiger partial charge in [0.1, 0.15) is 5.82 Å². The summed E-state index contributed by atoms with van der Waals surface area (Å²) in [5.74, 6) is -0.853. The summed E-state index contributed by atoms with van der Waals surface area (Å²) in [6.45, 7) is 2.69. The predicted molar refractivity (Wildman–Crippen MR) is 113 cm³/mol. The molecule has 1 aromatic heterocycles. The minimum Gasteiger partial charge on any atom is -0.419 e. The highest BCUT2D eigenvalue weighted by Gasteiger charge is 2.34. The quantitative estimate of drug-likeness (QED) is 0.606. The summed E-state index contributed by atoms with van der Waals surface area (Å²) in [6.07, 6.45) is 0.984. The fraction of sp³-hybridized carbons (Fsp3) is 0.273. The van der Waals surface area contributed by atoms with Crippen LogP contribution in [0.2, 0.25) is 0 Å². The number of nitrogens with zero attached hydrogens (tertiary/aromatic N) is 2. The molecule has 0 bridgehead atoms. The first-order chi connectivity index (χ1) is 14.8. The number of hydrogen-bond acceptors (Lipinski definition) is 6. The first-order valence-electron chi connectivity index (χ1n) is 9.89. The van der Waals surface area contributed by atoms with Gasteiger partial charge in [-0.2, -0.15) is 4.98 Å². The summed E-state index contributed by atoms with van der Waals surface area (Å²) in [5.41, 5.74) is 6.98. The predicted octanol–water partition coefficient (Wildman–Crippen LogP) is 3.32. The smallest absolute Gasteiger partial charge is 0.236 e. The average molecular weight is 444 g/mol. The molecule has 4 rings (SSSR count).